The van der Waals surface area contributed by atoms with Crippen molar-refractivity contribution in [1.29, 1.82) is 0 Å². The molecule has 2 aliphatic rings. The fourth-order valence-corrected chi connectivity index (χ4v) is 6.07. The third-order valence-corrected chi connectivity index (χ3v) is 8.20. The van der Waals surface area contributed by atoms with E-state index in [9.17, 15) is 0 Å². The quantitative estimate of drug-likeness (QED) is 0.204. The minimum atomic E-state index is -0.399. The van der Waals surface area contributed by atoms with E-state index in [2.05, 4.69) is 48.5 Å². The second kappa shape index (κ2) is 14.2. The topological polar surface area (TPSA) is 49.4 Å². The molecule has 218 valence electrons. The maximum atomic E-state index is 6.80. The number of nitrogens with zero attached hydrogens (tertiary/aromatic N) is 1. The predicted molar refractivity (Wildman–Crippen MR) is 161 cm³/mol. The molecule has 6 rings (SSSR count). The molecule has 0 amide bonds. The maximum absolute atomic E-state index is 6.80. The summed E-state index contributed by atoms with van der Waals surface area (Å²) >= 11 is 0. The predicted octanol–water partition coefficient (Wildman–Crippen LogP) is 6.20. The van der Waals surface area contributed by atoms with Crippen molar-refractivity contribution in [1.82, 2.24) is 5.06 Å². The van der Waals surface area contributed by atoms with Crippen LogP contribution in [0.3, 0.4) is 0 Å². The first kappa shape index (κ1) is 28.7. The zero-order valence-electron chi connectivity index (χ0n) is 24.0. The van der Waals surface area contributed by atoms with Crippen molar-refractivity contribution in [2.45, 2.75) is 56.9 Å². The molecule has 6 atom stereocenters. The first-order valence-corrected chi connectivity index (χ1v) is 14.7. The van der Waals surface area contributed by atoms with Crippen LogP contribution in [0.1, 0.15) is 22.3 Å². The second-order valence-electron chi connectivity index (χ2n) is 11.0. The number of hydrogen-bond acceptors (Lipinski definition) is 6. The number of hydroxylamine groups is 2. The van der Waals surface area contributed by atoms with Gasteiger partial charge in [-0.05, 0) is 22.3 Å². The molecule has 0 aromatic heterocycles. The number of ether oxygens (including phenoxy) is 4. The van der Waals surface area contributed by atoms with Gasteiger partial charge in [0.2, 0.25) is 0 Å². The highest BCUT2D eigenvalue weighted by Crippen LogP contribution is 2.41. The van der Waals surface area contributed by atoms with Gasteiger partial charge >= 0.3 is 0 Å². The molecule has 0 bridgehead atoms. The van der Waals surface area contributed by atoms with E-state index in [4.69, 9.17) is 23.8 Å². The number of benzene rings is 4. The van der Waals surface area contributed by atoms with Crippen LogP contribution in [0.25, 0.3) is 0 Å². The Morgan fingerprint density at radius 2 is 0.833 bits per heavy atom. The van der Waals surface area contributed by atoms with Gasteiger partial charge in [-0.3, -0.25) is 4.84 Å². The summed E-state index contributed by atoms with van der Waals surface area (Å²) in [6, 6.07) is 41.0. The Bertz CT molecular complexity index is 1340. The van der Waals surface area contributed by atoms with Crippen LogP contribution < -0.4 is 0 Å². The number of rotatable bonds is 12. The van der Waals surface area contributed by atoms with Gasteiger partial charge in [0, 0.05) is 13.0 Å². The molecule has 6 nitrogen and oxygen atoms in total. The molecule has 1 aliphatic carbocycles. The van der Waals surface area contributed by atoms with E-state index in [1.54, 1.807) is 0 Å². The number of fused-ring (bicyclic) bond motifs is 1. The molecule has 4 aromatic carbocycles. The summed E-state index contributed by atoms with van der Waals surface area (Å²) in [6.07, 6.45) is -1.34. The Morgan fingerprint density at radius 3 is 1.24 bits per heavy atom. The smallest absolute Gasteiger partial charge is 0.114 e. The van der Waals surface area contributed by atoms with Crippen molar-refractivity contribution < 1.29 is 23.8 Å². The molecule has 42 heavy (non-hydrogen) atoms. The summed E-state index contributed by atoms with van der Waals surface area (Å²) in [4.78, 5) is 6.15. The van der Waals surface area contributed by atoms with E-state index >= 15 is 0 Å². The first-order valence-electron chi connectivity index (χ1n) is 14.7. The highest BCUT2D eigenvalue weighted by atomic mass is 16.7. The van der Waals surface area contributed by atoms with E-state index in [1.807, 2.05) is 84.9 Å². The van der Waals surface area contributed by atoms with Gasteiger partial charge in [0.05, 0.1) is 45.2 Å². The van der Waals surface area contributed by atoms with Gasteiger partial charge in [-0.15, -0.1) is 0 Å². The standard InChI is InChI=1S/C36H39NO5/c1-37-32-31(26-42-37)33(38-22-27-14-6-2-7-15-27)35(40-24-29-18-10-4-11-19-29)36(41-25-30-20-12-5-13-21-30)34(32)39-23-28-16-8-3-9-17-28/h2-21,31-36H,22-26H2,1H3/t31-,32+,33+,34-,35-,36-/m1/s1. The zero-order chi connectivity index (χ0) is 28.6. The lowest BCUT2D eigenvalue weighted by Gasteiger charge is -2.48. The van der Waals surface area contributed by atoms with Gasteiger partial charge in [-0.1, -0.05) is 121 Å². The van der Waals surface area contributed by atoms with Crippen molar-refractivity contribution in [2.75, 3.05) is 13.7 Å². The first-order chi connectivity index (χ1) is 20.8. The molecule has 1 saturated heterocycles. The molecule has 1 heterocycles. The fraction of sp³-hybridized carbons (Fsp3) is 0.333. The Hall–Kier alpha value is -3.36. The van der Waals surface area contributed by atoms with Crippen LogP contribution in [0.15, 0.2) is 121 Å². The highest BCUT2D eigenvalue weighted by molar-refractivity contribution is 5.17. The Morgan fingerprint density at radius 1 is 0.500 bits per heavy atom. The van der Waals surface area contributed by atoms with E-state index in [1.165, 1.54) is 0 Å². The van der Waals surface area contributed by atoms with Crippen LogP contribution in [0, 0.1) is 5.92 Å². The fourth-order valence-electron chi connectivity index (χ4n) is 6.07. The molecular formula is C36H39NO5. The Kier molecular flexibility index (Phi) is 9.72. The third-order valence-electron chi connectivity index (χ3n) is 8.20. The lowest BCUT2D eigenvalue weighted by Crippen LogP contribution is -2.65. The molecule has 2 fully saturated rings. The molecule has 1 saturated carbocycles. The van der Waals surface area contributed by atoms with Crippen LogP contribution in [0.5, 0.6) is 0 Å². The number of likely N-dealkylation sites (N-methyl/N-ethyl adjacent to an activating group) is 1. The minimum Gasteiger partial charge on any atom is -0.370 e. The lowest BCUT2D eigenvalue weighted by atomic mass is 9.77. The van der Waals surface area contributed by atoms with Crippen molar-refractivity contribution in [3.63, 3.8) is 0 Å². The SMILES string of the molecule is CN1OC[C@H]2[C@H](OCc3ccccc3)[C@@H](OCc3ccccc3)[C@H](OCc3ccccc3)[C@H](OCc3ccccc3)[C@H]21. The zero-order valence-corrected chi connectivity index (χ0v) is 24.0. The van der Waals surface area contributed by atoms with Gasteiger partial charge in [0.25, 0.3) is 0 Å². The van der Waals surface area contributed by atoms with E-state index in [0.29, 0.717) is 33.0 Å². The van der Waals surface area contributed by atoms with E-state index in [-0.39, 0.29) is 30.3 Å². The molecule has 4 aromatic rings. The second-order valence-corrected chi connectivity index (χ2v) is 11.0. The van der Waals surface area contributed by atoms with Crippen LogP contribution in [0.2, 0.25) is 0 Å². The van der Waals surface area contributed by atoms with Crippen LogP contribution in [0.4, 0.5) is 0 Å². The van der Waals surface area contributed by atoms with E-state index in [0.717, 1.165) is 22.3 Å². The third kappa shape index (κ3) is 6.98. The van der Waals surface area contributed by atoms with Gasteiger partial charge in [-0.2, -0.15) is 5.06 Å². The normalized spacial score (nSPS) is 25.7. The Balaban J connectivity index is 1.32. The molecular weight excluding hydrogens is 526 g/mol. The molecule has 0 radical (unpaired) electrons. The molecule has 6 heteroatoms. The van der Waals surface area contributed by atoms with Gasteiger partial charge in [0.1, 0.15) is 18.3 Å². The summed E-state index contributed by atoms with van der Waals surface area (Å²) in [5, 5.41) is 1.94. The maximum Gasteiger partial charge on any atom is 0.114 e. The Labute approximate surface area is 248 Å². The average molecular weight is 566 g/mol. The van der Waals surface area contributed by atoms with Crippen molar-refractivity contribution in [3.8, 4) is 0 Å². The molecule has 0 N–H and O–H groups in total. The lowest BCUT2D eigenvalue weighted by molar-refractivity contribution is -0.247. The molecule has 1 aliphatic heterocycles. The average Bonchev–Trinajstić information content (AvgIpc) is 3.44. The summed E-state index contributed by atoms with van der Waals surface area (Å²) in [7, 11) is 1.98. The summed E-state index contributed by atoms with van der Waals surface area (Å²) < 4.78 is 27.1. The van der Waals surface area contributed by atoms with Crippen molar-refractivity contribution >= 4 is 0 Å². The highest BCUT2D eigenvalue weighted by Gasteiger charge is 2.57. The van der Waals surface area contributed by atoms with Gasteiger partial charge in [-0.25, -0.2) is 0 Å². The number of hydrogen-bond donors (Lipinski definition) is 0. The van der Waals surface area contributed by atoms with Crippen molar-refractivity contribution in [2.24, 2.45) is 5.92 Å². The van der Waals surface area contributed by atoms with Crippen LogP contribution >= 0.6 is 0 Å². The van der Waals surface area contributed by atoms with Crippen LogP contribution in [-0.2, 0) is 50.2 Å². The largest absolute Gasteiger partial charge is 0.370 e. The van der Waals surface area contributed by atoms with Gasteiger partial charge in [0.15, 0.2) is 0 Å². The monoisotopic (exact) mass is 565 g/mol. The summed E-state index contributed by atoms with van der Waals surface area (Å²) in [6.45, 7) is 2.36. The minimum absolute atomic E-state index is 0.0387. The van der Waals surface area contributed by atoms with Crippen molar-refractivity contribution in [3.05, 3.63) is 144 Å². The van der Waals surface area contributed by atoms with Gasteiger partial charge < -0.3 is 18.9 Å². The molecule has 0 unspecified atom stereocenters. The van der Waals surface area contributed by atoms with E-state index < -0.39 is 6.10 Å². The summed E-state index contributed by atoms with van der Waals surface area (Å²) in [5.41, 5.74) is 4.43. The summed E-state index contributed by atoms with van der Waals surface area (Å²) in [5.74, 6) is 0.0387. The molecule has 0 spiro atoms. The van der Waals surface area contributed by atoms with Crippen LogP contribution in [-0.4, -0.2) is 49.2 Å².